The number of carbonyl (C=O) groups is 1. The second-order valence-corrected chi connectivity index (χ2v) is 6.50. The van der Waals surface area contributed by atoms with E-state index in [-0.39, 0.29) is 29.5 Å². The van der Waals surface area contributed by atoms with Crippen LogP contribution in [0.4, 0.5) is 11.6 Å². The van der Waals surface area contributed by atoms with E-state index in [1.807, 2.05) is 18.2 Å². The van der Waals surface area contributed by atoms with Gasteiger partial charge in [-0.2, -0.15) is 5.26 Å². The Morgan fingerprint density at radius 3 is 2.67 bits per heavy atom. The van der Waals surface area contributed by atoms with E-state index < -0.39 is 10.8 Å². The number of anilines is 1. The van der Waals surface area contributed by atoms with Crippen LogP contribution in [0, 0.1) is 21.4 Å². The second-order valence-electron chi connectivity index (χ2n) is 6.50. The molecule has 8 nitrogen and oxygen atoms in total. The molecule has 0 spiro atoms. The monoisotopic (exact) mass is 405 g/mol. The highest BCUT2D eigenvalue weighted by atomic mass is 16.6. The third-order valence-corrected chi connectivity index (χ3v) is 4.28. The molecule has 1 heterocycles. The molecule has 0 unspecified atom stereocenters. The molecule has 2 aromatic carbocycles. The van der Waals surface area contributed by atoms with Crippen LogP contribution in [0.25, 0.3) is 11.3 Å². The van der Waals surface area contributed by atoms with E-state index in [4.69, 9.17) is 9.15 Å². The predicted molar refractivity (Wildman–Crippen MR) is 110 cm³/mol. The number of nitro groups is 1. The van der Waals surface area contributed by atoms with Gasteiger partial charge in [-0.05, 0) is 24.1 Å². The van der Waals surface area contributed by atoms with Gasteiger partial charge in [0.15, 0.2) is 6.61 Å². The summed E-state index contributed by atoms with van der Waals surface area (Å²) >= 11 is 0. The first kappa shape index (κ1) is 20.6. The maximum Gasteiger partial charge on any atom is 0.270 e. The first-order valence-electron chi connectivity index (χ1n) is 9.30. The molecule has 1 aromatic heterocycles. The fraction of sp³-hybridized carbons (Fsp3) is 0.182. The van der Waals surface area contributed by atoms with Crippen molar-refractivity contribution in [3.05, 3.63) is 75.8 Å². The maximum atomic E-state index is 12.2. The van der Waals surface area contributed by atoms with E-state index in [9.17, 15) is 20.2 Å². The zero-order valence-electron chi connectivity index (χ0n) is 16.3. The van der Waals surface area contributed by atoms with Gasteiger partial charge in [0, 0.05) is 23.8 Å². The SMILES string of the molecule is CCCc1ccc(OCC(=O)Nc2oc(-c3cccc([N+](=O)[O-])c3)cc2C#N)cc1. The van der Waals surface area contributed by atoms with Gasteiger partial charge in [-0.1, -0.05) is 37.6 Å². The van der Waals surface area contributed by atoms with Crippen molar-refractivity contribution in [2.75, 3.05) is 11.9 Å². The summed E-state index contributed by atoms with van der Waals surface area (Å²) in [5.41, 5.74) is 1.61. The van der Waals surface area contributed by atoms with Crippen LogP contribution in [0.5, 0.6) is 5.75 Å². The van der Waals surface area contributed by atoms with Crippen LogP contribution in [0.2, 0.25) is 0 Å². The molecule has 0 atom stereocenters. The average molecular weight is 405 g/mol. The van der Waals surface area contributed by atoms with Crippen molar-refractivity contribution in [3.8, 4) is 23.1 Å². The average Bonchev–Trinajstić information content (AvgIpc) is 3.16. The van der Waals surface area contributed by atoms with Gasteiger partial charge in [-0.25, -0.2) is 0 Å². The normalized spacial score (nSPS) is 10.3. The van der Waals surface area contributed by atoms with Crippen molar-refractivity contribution < 1.29 is 18.9 Å². The highest BCUT2D eigenvalue weighted by Crippen LogP contribution is 2.30. The fourth-order valence-electron chi connectivity index (χ4n) is 2.83. The minimum atomic E-state index is -0.521. The molecule has 1 amide bonds. The molecule has 8 heteroatoms. The van der Waals surface area contributed by atoms with Crippen molar-refractivity contribution in [2.45, 2.75) is 19.8 Å². The number of hydrogen-bond acceptors (Lipinski definition) is 6. The third-order valence-electron chi connectivity index (χ3n) is 4.28. The largest absolute Gasteiger partial charge is 0.484 e. The van der Waals surface area contributed by atoms with Gasteiger partial charge < -0.3 is 9.15 Å². The van der Waals surface area contributed by atoms with Crippen LogP contribution in [-0.4, -0.2) is 17.4 Å². The standard InChI is InChI=1S/C22H19N3O5/c1-2-4-15-7-9-19(10-8-15)29-14-21(26)24-22-17(13-23)12-20(30-22)16-5-3-6-18(11-16)25(27)28/h3,5-12H,2,4,14H2,1H3,(H,24,26). The molecular formula is C22H19N3O5. The van der Waals surface area contributed by atoms with Crippen molar-refractivity contribution in [3.63, 3.8) is 0 Å². The molecule has 0 saturated heterocycles. The number of nitro benzene ring substituents is 1. The van der Waals surface area contributed by atoms with Gasteiger partial charge in [0.1, 0.15) is 23.1 Å². The van der Waals surface area contributed by atoms with E-state index >= 15 is 0 Å². The molecule has 0 radical (unpaired) electrons. The lowest BCUT2D eigenvalue weighted by molar-refractivity contribution is -0.384. The molecule has 0 aliphatic carbocycles. The van der Waals surface area contributed by atoms with Crippen LogP contribution >= 0.6 is 0 Å². The van der Waals surface area contributed by atoms with Gasteiger partial charge in [0.25, 0.3) is 11.6 Å². The number of amides is 1. The predicted octanol–water partition coefficient (Wildman–Crippen LogP) is 4.70. The van der Waals surface area contributed by atoms with Crippen LogP contribution in [0.1, 0.15) is 24.5 Å². The Kier molecular flexibility index (Phi) is 6.45. The lowest BCUT2D eigenvalue weighted by Crippen LogP contribution is -2.20. The van der Waals surface area contributed by atoms with E-state index in [1.54, 1.807) is 18.2 Å². The van der Waals surface area contributed by atoms with Crippen LogP contribution in [0.3, 0.4) is 0 Å². The number of ether oxygens (including phenoxy) is 1. The molecular weight excluding hydrogens is 386 g/mol. The molecule has 152 valence electrons. The summed E-state index contributed by atoms with van der Waals surface area (Å²) in [6.45, 7) is 1.84. The Labute approximate surface area is 172 Å². The summed E-state index contributed by atoms with van der Waals surface area (Å²) in [7, 11) is 0. The van der Waals surface area contributed by atoms with Crippen molar-refractivity contribution in [1.29, 1.82) is 5.26 Å². The van der Waals surface area contributed by atoms with Gasteiger partial charge >= 0.3 is 0 Å². The Bertz CT molecular complexity index is 1100. The first-order valence-corrected chi connectivity index (χ1v) is 9.30. The van der Waals surface area contributed by atoms with Crippen LogP contribution in [-0.2, 0) is 11.2 Å². The Hall–Kier alpha value is -4.12. The molecule has 3 aromatic rings. The first-order chi connectivity index (χ1) is 14.5. The number of rotatable bonds is 8. The molecule has 3 rings (SSSR count). The van der Waals surface area contributed by atoms with Crippen molar-refractivity contribution in [1.82, 2.24) is 0 Å². The highest BCUT2D eigenvalue weighted by Gasteiger charge is 2.17. The minimum absolute atomic E-state index is 0.0362. The van der Waals surface area contributed by atoms with Gasteiger partial charge in [-0.3, -0.25) is 20.2 Å². The molecule has 0 aliphatic heterocycles. The number of non-ortho nitro benzene ring substituents is 1. The number of nitrogens with zero attached hydrogens (tertiary/aromatic N) is 2. The zero-order chi connectivity index (χ0) is 21.5. The second kappa shape index (κ2) is 9.39. The number of benzene rings is 2. The van der Waals surface area contributed by atoms with Crippen LogP contribution in [0.15, 0.2) is 59.0 Å². The topological polar surface area (TPSA) is 118 Å². The van der Waals surface area contributed by atoms with Crippen molar-refractivity contribution >= 4 is 17.5 Å². The number of nitrogens with one attached hydrogen (secondary N) is 1. The van der Waals surface area contributed by atoms with Gasteiger partial charge in [0.05, 0.1) is 4.92 Å². The summed E-state index contributed by atoms with van der Waals surface area (Å²) in [6.07, 6.45) is 2.02. The van der Waals surface area contributed by atoms with E-state index in [0.29, 0.717) is 11.3 Å². The Balaban J connectivity index is 1.67. The molecule has 0 saturated carbocycles. The summed E-state index contributed by atoms with van der Waals surface area (Å²) in [6, 6.07) is 16.7. The quantitative estimate of drug-likeness (QED) is 0.429. The molecule has 0 aliphatic rings. The lowest BCUT2D eigenvalue weighted by Gasteiger charge is -2.07. The Morgan fingerprint density at radius 2 is 2.00 bits per heavy atom. The van der Waals surface area contributed by atoms with Gasteiger partial charge in [0.2, 0.25) is 5.88 Å². The Morgan fingerprint density at radius 1 is 1.23 bits per heavy atom. The zero-order valence-corrected chi connectivity index (χ0v) is 16.3. The number of hydrogen-bond donors (Lipinski definition) is 1. The highest BCUT2D eigenvalue weighted by molar-refractivity contribution is 5.92. The summed E-state index contributed by atoms with van der Waals surface area (Å²) in [5.74, 6) is 0.259. The van der Waals surface area contributed by atoms with Crippen molar-refractivity contribution in [2.24, 2.45) is 0 Å². The molecule has 0 bridgehead atoms. The number of aryl methyl sites for hydroxylation is 1. The number of furan rings is 1. The number of nitriles is 1. The summed E-state index contributed by atoms with van der Waals surface area (Å²) in [4.78, 5) is 22.6. The molecule has 1 N–H and O–H groups in total. The summed E-state index contributed by atoms with van der Waals surface area (Å²) in [5, 5.41) is 22.8. The van der Waals surface area contributed by atoms with E-state index in [1.165, 1.54) is 29.8 Å². The van der Waals surface area contributed by atoms with Crippen LogP contribution < -0.4 is 10.1 Å². The minimum Gasteiger partial charge on any atom is -0.484 e. The maximum absolute atomic E-state index is 12.2. The fourth-order valence-corrected chi connectivity index (χ4v) is 2.83. The third kappa shape index (κ3) is 5.02. The summed E-state index contributed by atoms with van der Waals surface area (Å²) < 4.78 is 11.0. The van der Waals surface area contributed by atoms with E-state index in [0.717, 1.165) is 12.8 Å². The lowest BCUT2D eigenvalue weighted by atomic mass is 10.1. The van der Waals surface area contributed by atoms with E-state index in [2.05, 4.69) is 12.2 Å². The molecule has 30 heavy (non-hydrogen) atoms. The number of carbonyl (C=O) groups excluding carboxylic acids is 1. The molecule has 0 fully saturated rings. The van der Waals surface area contributed by atoms with Gasteiger partial charge in [-0.15, -0.1) is 0 Å². The smallest absolute Gasteiger partial charge is 0.270 e.